The molecular formula is C26H26F3N5O2. The fourth-order valence-corrected chi connectivity index (χ4v) is 4.73. The molecule has 3 heterocycles. The first-order valence-corrected chi connectivity index (χ1v) is 11.6. The molecule has 0 bridgehead atoms. The van der Waals surface area contributed by atoms with E-state index in [1.165, 1.54) is 31.2 Å². The number of anilines is 1. The Balaban J connectivity index is 1.55. The largest absolute Gasteiger partial charge is 0.573 e. The van der Waals surface area contributed by atoms with Crippen LogP contribution in [0.5, 0.6) is 5.75 Å². The number of likely N-dealkylation sites (N-methyl/N-ethyl adjacent to an activating group) is 1. The highest BCUT2D eigenvalue weighted by Crippen LogP contribution is 2.38. The fraction of sp³-hybridized carbons (Fsp3) is 0.308. The number of benzene rings is 2. The summed E-state index contributed by atoms with van der Waals surface area (Å²) >= 11 is 0. The minimum atomic E-state index is -4.78. The van der Waals surface area contributed by atoms with Gasteiger partial charge < -0.3 is 24.5 Å². The average Bonchev–Trinajstić information content (AvgIpc) is 3.39. The quantitative estimate of drug-likeness (QED) is 0.362. The molecule has 2 aromatic carbocycles. The molecule has 0 amide bonds. The number of aryl methyl sites for hydroxylation is 1. The molecule has 2 aromatic heterocycles. The van der Waals surface area contributed by atoms with Crippen molar-refractivity contribution < 1.29 is 22.7 Å². The SMILES string of the molecule is CC(=O)c1c(C)[nH]c(-c2nc3ccc(N4CCN(C)CC4)cc3[nH]2)c1-c1ccc(OC(F)(F)F)cc1. The number of halogens is 3. The number of nitrogens with one attached hydrogen (secondary N) is 2. The first-order valence-electron chi connectivity index (χ1n) is 11.6. The minimum Gasteiger partial charge on any atom is -0.406 e. The van der Waals surface area contributed by atoms with Crippen LogP contribution in [-0.4, -0.2) is 65.2 Å². The molecule has 4 aromatic rings. The summed E-state index contributed by atoms with van der Waals surface area (Å²) in [5.41, 5.74) is 5.62. The average molecular weight is 498 g/mol. The Kier molecular flexibility index (Phi) is 5.99. The second kappa shape index (κ2) is 9.02. The van der Waals surface area contributed by atoms with Gasteiger partial charge >= 0.3 is 6.36 Å². The molecule has 0 radical (unpaired) electrons. The van der Waals surface area contributed by atoms with Gasteiger partial charge in [-0.3, -0.25) is 4.79 Å². The Morgan fingerprint density at radius 1 is 1.03 bits per heavy atom. The van der Waals surface area contributed by atoms with Gasteiger partial charge in [0, 0.05) is 48.7 Å². The maximum Gasteiger partial charge on any atom is 0.573 e. The summed E-state index contributed by atoms with van der Waals surface area (Å²) in [5, 5.41) is 0. The number of rotatable bonds is 5. The number of aromatic amines is 2. The first kappa shape index (κ1) is 23.9. The number of Topliss-reactive ketones (excluding diaryl/α,β-unsaturated/α-hetero) is 1. The summed E-state index contributed by atoms with van der Waals surface area (Å²) in [7, 11) is 2.11. The maximum atomic E-state index is 12.6. The fourth-order valence-electron chi connectivity index (χ4n) is 4.73. The molecule has 0 saturated carbocycles. The number of H-pyrrole nitrogens is 2. The number of piperazine rings is 1. The number of aromatic nitrogens is 3. The van der Waals surface area contributed by atoms with Crippen molar-refractivity contribution in [3.05, 3.63) is 53.7 Å². The molecule has 0 atom stereocenters. The van der Waals surface area contributed by atoms with E-state index in [-0.39, 0.29) is 11.5 Å². The highest BCUT2D eigenvalue weighted by Gasteiger charge is 2.31. The Labute approximate surface area is 205 Å². The van der Waals surface area contributed by atoms with Gasteiger partial charge in [-0.05, 0) is 56.8 Å². The van der Waals surface area contributed by atoms with Crippen molar-refractivity contribution in [1.82, 2.24) is 19.9 Å². The number of ketones is 1. The highest BCUT2D eigenvalue weighted by atomic mass is 19.4. The topological polar surface area (TPSA) is 77.3 Å². The zero-order chi connectivity index (χ0) is 25.6. The molecule has 1 saturated heterocycles. The molecule has 0 spiro atoms. The predicted octanol–water partition coefficient (Wildman–Crippen LogP) is 5.39. The van der Waals surface area contributed by atoms with E-state index in [1.54, 1.807) is 6.92 Å². The van der Waals surface area contributed by atoms with Gasteiger partial charge in [0.1, 0.15) is 5.75 Å². The lowest BCUT2D eigenvalue weighted by Crippen LogP contribution is -2.44. The lowest BCUT2D eigenvalue weighted by molar-refractivity contribution is -0.274. The summed E-state index contributed by atoms with van der Waals surface area (Å²) in [5.74, 6) is 0.0560. The van der Waals surface area contributed by atoms with Crippen molar-refractivity contribution in [2.75, 3.05) is 38.1 Å². The van der Waals surface area contributed by atoms with Crippen LogP contribution < -0.4 is 9.64 Å². The van der Waals surface area contributed by atoms with Crippen LogP contribution in [0.1, 0.15) is 23.0 Å². The van der Waals surface area contributed by atoms with Crippen molar-refractivity contribution in [2.45, 2.75) is 20.2 Å². The van der Waals surface area contributed by atoms with E-state index >= 15 is 0 Å². The minimum absolute atomic E-state index is 0.158. The number of hydrogen-bond donors (Lipinski definition) is 2. The molecule has 188 valence electrons. The molecule has 1 aliphatic rings. The number of imidazole rings is 1. The molecule has 0 unspecified atom stereocenters. The van der Waals surface area contributed by atoms with Gasteiger partial charge in [0.15, 0.2) is 11.6 Å². The molecule has 1 aliphatic heterocycles. The van der Waals surface area contributed by atoms with Gasteiger partial charge in [-0.25, -0.2) is 4.98 Å². The molecule has 2 N–H and O–H groups in total. The van der Waals surface area contributed by atoms with E-state index in [1.807, 2.05) is 6.07 Å². The molecular weight excluding hydrogens is 471 g/mol. The normalized spacial score (nSPS) is 15.0. The smallest absolute Gasteiger partial charge is 0.406 e. The van der Waals surface area contributed by atoms with Crippen molar-refractivity contribution in [1.29, 1.82) is 0 Å². The van der Waals surface area contributed by atoms with Crippen LogP contribution in [0.25, 0.3) is 33.7 Å². The van der Waals surface area contributed by atoms with Crippen molar-refractivity contribution in [3.8, 4) is 28.4 Å². The Hall–Kier alpha value is -3.79. The number of hydrogen-bond acceptors (Lipinski definition) is 5. The van der Waals surface area contributed by atoms with Gasteiger partial charge in [-0.1, -0.05) is 12.1 Å². The van der Waals surface area contributed by atoms with Crippen LogP contribution in [0, 0.1) is 6.92 Å². The third-order valence-corrected chi connectivity index (χ3v) is 6.49. The second-order valence-corrected chi connectivity index (χ2v) is 9.08. The molecule has 0 aliphatic carbocycles. The van der Waals surface area contributed by atoms with Crippen LogP contribution >= 0.6 is 0 Å². The monoisotopic (exact) mass is 497 g/mol. The summed E-state index contributed by atoms with van der Waals surface area (Å²) in [6, 6.07) is 11.6. The van der Waals surface area contributed by atoms with Gasteiger partial charge in [-0.15, -0.1) is 13.2 Å². The number of fused-ring (bicyclic) bond motifs is 1. The van der Waals surface area contributed by atoms with E-state index in [4.69, 9.17) is 4.98 Å². The molecule has 7 nitrogen and oxygen atoms in total. The zero-order valence-electron chi connectivity index (χ0n) is 20.2. The number of carbonyl (C=O) groups is 1. The lowest BCUT2D eigenvalue weighted by atomic mass is 9.97. The van der Waals surface area contributed by atoms with Crippen LogP contribution in [0.4, 0.5) is 18.9 Å². The zero-order valence-corrected chi connectivity index (χ0v) is 20.2. The number of nitrogens with zero attached hydrogens (tertiary/aromatic N) is 3. The van der Waals surface area contributed by atoms with Crippen LogP contribution in [-0.2, 0) is 0 Å². The molecule has 1 fully saturated rings. The van der Waals surface area contributed by atoms with Gasteiger partial charge in [-0.2, -0.15) is 0 Å². The van der Waals surface area contributed by atoms with Gasteiger partial charge in [0.25, 0.3) is 0 Å². The van der Waals surface area contributed by atoms with Crippen LogP contribution in [0.3, 0.4) is 0 Å². The van der Waals surface area contributed by atoms with E-state index < -0.39 is 6.36 Å². The van der Waals surface area contributed by atoms with Gasteiger partial charge in [0.2, 0.25) is 0 Å². The van der Waals surface area contributed by atoms with Crippen LogP contribution in [0.15, 0.2) is 42.5 Å². The second-order valence-electron chi connectivity index (χ2n) is 9.08. The van der Waals surface area contributed by atoms with Crippen LogP contribution in [0.2, 0.25) is 0 Å². The summed E-state index contributed by atoms with van der Waals surface area (Å²) in [4.78, 5) is 28.6. The summed E-state index contributed by atoms with van der Waals surface area (Å²) in [6.45, 7) is 7.14. The van der Waals surface area contributed by atoms with Crippen molar-refractivity contribution >= 4 is 22.5 Å². The molecule has 5 rings (SSSR count). The third-order valence-electron chi connectivity index (χ3n) is 6.49. The van der Waals surface area contributed by atoms with E-state index in [9.17, 15) is 18.0 Å². The Morgan fingerprint density at radius 2 is 1.72 bits per heavy atom. The number of ether oxygens (including phenoxy) is 1. The summed E-state index contributed by atoms with van der Waals surface area (Å²) in [6.07, 6.45) is -4.78. The first-order chi connectivity index (χ1) is 17.1. The third kappa shape index (κ3) is 4.68. The van der Waals surface area contributed by atoms with Crippen molar-refractivity contribution in [3.63, 3.8) is 0 Å². The van der Waals surface area contributed by atoms with Crippen molar-refractivity contribution in [2.24, 2.45) is 0 Å². The Morgan fingerprint density at radius 3 is 2.36 bits per heavy atom. The molecule has 36 heavy (non-hydrogen) atoms. The van der Waals surface area contributed by atoms with E-state index in [0.29, 0.717) is 33.9 Å². The number of carbonyl (C=O) groups excluding carboxylic acids is 1. The highest BCUT2D eigenvalue weighted by molar-refractivity contribution is 6.05. The molecule has 10 heteroatoms. The van der Waals surface area contributed by atoms with E-state index in [0.717, 1.165) is 42.9 Å². The Bertz CT molecular complexity index is 1410. The predicted molar refractivity (Wildman–Crippen MR) is 132 cm³/mol. The van der Waals surface area contributed by atoms with E-state index in [2.05, 4.69) is 43.7 Å². The van der Waals surface area contributed by atoms with Gasteiger partial charge in [0.05, 0.1) is 16.7 Å². The maximum absolute atomic E-state index is 12.6. The lowest BCUT2D eigenvalue weighted by Gasteiger charge is -2.34. The standard InChI is InChI=1S/C26H26F3N5O2/c1-15-22(16(2)35)23(17-4-7-19(8-5-17)36-26(27,28)29)24(30-15)25-31-20-9-6-18(14-21(20)32-25)34-12-10-33(3)11-13-34/h4-9,14,30H,10-13H2,1-3H3,(H,31,32). The summed E-state index contributed by atoms with van der Waals surface area (Å²) < 4.78 is 41.8. The number of alkyl halides is 3.